The summed E-state index contributed by atoms with van der Waals surface area (Å²) in [7, 11) is 0. The molecule has 0 N–H and O–H groups in total. The highest BCUT2D eigenvalue weighted by atomic mass is 79.9. The standard InChI is InChI=1S/C10H7BrO2S/c1-6-7(4-5-14-6)10(12)8-2-3-9(11)13-8/h2-5H,1H3. The predicted octanol–water partition coefficient (Wildman–Crippen LogP) is 3.64. The molecule has 0 atom stereocenters. The summed E-state index contributed by atoms with van der Waals surface area (Å²) >= 11 is 4.73. The van der Waals surface area contributed by atoms with Crippen molar-refractivity contribution in [3.05, 3.63) is 44.4 Å². The van der Waals surface area contributed by atoms with Gasteiger partial charge >= 0.3 is 0 Å². The van der Waals surface area contributed by atoms with Crippen LogP contribution in [0.1, 0.15) is 21.0 Å². The van der Waals surface area contributed by atoms with Crippen molar-refractivity contribution < 1.29 is 9.21 Å². The van der Waals surface area contributed by atoms with Crippen LogP contribution in [-0.2, 0) is 0 Å². The van der Waals surface area contributed by atoms with Crippen molar-refractivity contribution in [3.8, 4) is 0 Å². The van der Waals surface area contributed by atoms with Gasteiger partial charge in [-0.15, -0.1) is 11.3 Å². The molecule has 0 aliphatic heterocycles. The Kier molecular flexibility index (Phi) is 2.56. The molecule has 0 amide bonds. The zero-order valence-corrected chi connectivity index (χ0v) is 9.81. The highest BCUT2D eigenvalue weighted by Gasteiger charge is 2.15. The Hall–Kier alpha value is -0.870. The van der Waals surface area contributed by atoms with Crippen LogP contribution in [0.5, 0.6) is 0 Å². The number of rotatable bonds is 2. The second kappa shape index (κ2) is 3.71. The average Bonchev–Trinajstić information content (AvgIpc) is 2.73. The van der Waals surface area contributed by atoms with Crippen molar-refractivity contribution in [3.63, 3.8) is 0 Å². The van der Waals surface area contributed by atoms with Gasteiger partial charge in [0.2, 0.25) is 5.78 Å². The van der Waals surface area contributed by atoms with E-state index in [1.807, 2.05) is 18.4 Å². The zero-order chi connectivity index (χ0) is 10.1. The highest BCUT2D eigenvalue weighted by molar-refractivity contribution is 9.10. The zero-order valence-electron chi connectivity index (χ0n) is 7.41. The summed E-state index contributed by atoms with van der Waals surface area (Å²) in [5.74, 6) is 0.313. The first-order chi connectivity index (χ1) is 6.68. The first kappa shape index (κ1) is 9.68. The first-order valence-electron chi connectivity index (χ1n) is 4.02. The number of hydrogen-bond acceptors (Lipinski definition) is 3. The molecule has 0 aromatic carbocycles. The Morgan fingerprint density at radius 1 is 1.43 bits per heavy atom. The summed E-state index contributed by atoms with van der Waals surface area (Å²) in [5, 5.41) is 1.90. The molecule has 2 aromatic heterocycles. The van der Waals surface area contributed by atoms with Gasteiger partial charge in [-0.2, -0.15) is 0 Å². The fourth-order valence-electron chi connectivity index (χ4n) is 1.19. The van der Waals surface area contributed by atoms with Gasteiger partial charge in [0.25, 0.3) is 0 Å². The van der Waals surface area contributed by atoms with Crippen molar-refractivity contribution in [2.45, 2.75) is 6.92 Å². The third kappa shape index (κ3) is 1.67. The number of hydrogen-bond donors (Lipinski definition) is 0. The lowest BCUT2D eigenvalue weighted by Crippen LogP contribution is -1.98. The number of carbonyl (C=O) groups is 1. The van der Waals surface area contributed by atoms with E-state index < -0.39 is 0 Å². The van der Waals surface area contributed by atoms with Crippen LogP contribution in [0.15, 0.2) is 32.7 Å². The van der Waals surface area contributed by atoms with Crippen molar-refractivity contribution in [1.82, 2.24) is 0 Å². The van der Waals surface area contributed by atoms with Gasteiger partial charge in [-0.05, 0) is 46.4 Å². The Balaban J connectivity index is 2.38. The van der Waals surface area contributed by atoms with E-state index in [-0.39, 0.29) is 5.78 Å². The van der Waals surface area contributed by atoms with Crippen LogP contribution >= 0.6 is 27.3 Å². The molecular formula is C10H7BrO2S. The topological polar surface area (TPSA) is 30.2 Å². The van der Waals surface area contributed by atoms with E-state index in [0.29, 0.717) is 10.4 Å². The van der Waals surface area contributed by atoms with E-state index >= 15 is 0 Å². The summed E-state index contributed by atoms with van der Waals surface area (Å²) in [5.41, 5.74) is 0.719. The molecule has 0 aliphatic carbocycles. The van der Waals surface area contributed by atoms with E-state index in [0.717, 1.165) is 10.4 Å². The fraction of sp³-hybridized carbons (Fsp3) is 0.100. The minimum absolute atomic E-state index is 0.0607. The molecule has 0 spiro atoms. The molecule has 2 nitrogen and oxygen atoms in total. The second-order valence-corrected chi connectivity index (χ2v) is 4.73. The van der Waals surface area contributed by atoms with Crippen molar-refractivity contribution in [2.24, 2.45) is 0 Å². The largest absolute Gasteiger partial charge is 0.446 e. The molecule has 4 heteroatoms. The maximum absolute atomic E-state index is 11.8. The van der Waals surface area contributed by atoms with Crippen LogP contribution in [-0.4, -0.2) is 5.78 Å². The normalized spacial score (nSPS) is 10.4. The number of thiophene rings is 1. The van der Waals surface area contributed by atoms with Crippen molar-refractivity contribution >= 4 is 33.0 Å². The lowest BCUT2D eigenvalue weighted by Gasteiger charge is -1.94. The summed E-state index contributed by atoms with van der Waals surface area (Å²) in [6.45, 7) is 1.93. The maximum Gasteiger partial charge on any atom is 0.229 e. The third-order valence-electron chi connectivity index (χ3n) is 1.90. The smallest absolute Gasteiger partial charge is 0.229 e. The Labute approximate surface area is 93.7 Å². The molecule has 0 aliphatic rings. The van der Waals surface area contributed by atoms with E-state index in [9.17, 15) is 4.79 Å². The number of ketones is 1. The van der Waals surface area contributed by atoms with Crippen LogP contribution in [0, 0.1) is 6.92 Å². The summed E-state index contributed by atoms with van der Waals surface area (Å²) < 4.78 is 5.77. The van der Waals surface area contributed by atoms with Gasteiger partial charge in [-0.1, -0.05) is 0 Å². The number of halogens is 1. The van der Waals surface area contributed by atoms with Gasteiger partial charge in [0.05, 0.1) is 0 Å². The lowest BCUT2D eigenvalue weighted by atomic mass is 10.1. The quantitative estimate of drug-likeness (QED) is 0.780. The van der Waals surface area contributed by atoms with E-state index in [1.54, 1.807) is 23.5 Å². The molecule has 2 aromatic rings. The summed E-state index contributed by atoms with van der Waals surface area (Å²) in [6, 6.07) is 5.21. The van der Waals surface area contributed by atoms with Gasteiger partial charge in [-0.3, -0.25) is 4.79 Å². The van der Waals surface area contributed by atoms with Gasteiger partial charge in [0, 0.05) is 10.4 Å². The summed E-state index contributed by atoms with van der Waals surface area (Å²) in [6.07, 6.45) is 0. The minimum Gasteiger partial charge on any atom is -0.446 e. The van der Waals surface area contributed by atoms with E-state index in [4.69, 9.17) is 4.42 Å². The van der Waals surface area contributed by atoms with Gasteiger partial charge in [0.1, 0.15) is 0 Å². The molecule has 0 unspecified atom stereocenters. The van der Waals surface area contributed by atoms with Gasteiger partial charge < -0.3 is 4.42 Å². The fourth-order valence-corrected chi connectivity index (χ4v) is 2.19. The Morgan fingerprint density at radius 3 is 2.71 bits per heavy atom. The highest BCUT2D eigenvalue weighted by Crippen LogP contribution is 2.21. The van der Waals surface area contributed by atoms with Gasteiger partial charge in [-0.25, -0.2) is 0 Å². The summed E-state index contributed by atoms with van der Waals surface area (Å²) in [4.78, 5) is 12.8. The Bertz CT molecular complexity index is 470. The van der Waals surface area contributed by atoms with Crippen LogP contribution in [0.25, 0.3) is 0 Å². The molecule has 72 valence electrons. The first-order valence-corrected chi connectivity index (χ1v) is 5.70. The van der Waals surface area contributed by atoms with E-state index in [2.05, 4.69) is 15.9 Å². The van der Waals surface area contributed by atoms with Crippen molar-refractivity contribution in [2.75, 3.05) is 0 Å². The van der Waals surface area contributed by atoms with Crippen LogP contribution < -0.4 is 0 Å². The SMILES string of the molecule is Cc1sccc1C(=O)c1ccc(Br)o1. The van der Waals surface area contributed by atoms with E-state index in [1.165, 1.54) is 0 Å². The van der Waals surface area contributed by atoms with Crippen LogP contribution in [0.2, 0.25) is 0 Å². The molecule has 14 heavy (non-hydrogen) atoms. The predicted molar refractivity (Wildman–Crippen MR) is 58.9 cm³/mol. The average molecular weight is 271 g/mol. The molecule has 0 fully saturated rings. The third-order valence-corrected chi connectivity index (χ3v) is 3.17. The minimum atomic E-state index is -0.0607. The van der Waals surface area contributed by atoms with Crippen LogP contribution in [0.4, 0.5) is 0 Å². The molecule has 0 radical (unpaired) electrons. The number of furan rings is 1. The van der Waals surface area contributed by atoms with Gasteiger partial charge in [0.15, 0.2) is 10.4 Å². The number of aryl methyl sites for hydroxylation is 1. The molecule has 0 saturated heterocycles. The molecule has 2 rings (SSSR count). The molecule has 0 saturated carbocycles. The molecule has 2 heterocycles. The lowest BCUT2D eigenvalue weighted by molar-refractivity contribution is 0.101. The van der Waals surface area contributed by atoms with Crippen LogP contribution in [0.3, 0.4) is 0 Å². The second-order valence-electron chi connectivity index (χ2n) is 2.82. The Morgan fingerprint density at radius 2 is 2.21 bits per heavy atom. The molecule has 0 bridgehead atoms. The monoisotopic (exact) mass is 270 g/mol. The molecular weight excluding hydrogens is 264 g/mol. The number of carbonyl (C=O) groups excluding carboxylic acids is 1. The maximum atomic E-state index is 11.8. The van der Waals surface area contributed by atoms with Crippen molar-refractivity contribution in [1.29, 1.82) is 0 Å².